The second-order valence-electron chi connectivity index (χ2n) is 4.36. The Morgan fingerprint density at radius 1 is 0.778 bits per heavy atom. The zero-order valence-electron chi connectivity index (χ0n) is 10.0. The van der Waals surface area contributed by atoms with Crippen LogP contribution in [0.2, 0.25) is 0 Å². The van der Waals surface area contributed by atoms with Gasteiger partial charge in [0.1, 0.15) is 0 Å². The lowest BCUT2D eigenvalue weighted by Crippen LogP contribution is -1.95. The fourth-order valence-corrected chi connectivity index (χ4v) is 4.71. The van der Waals surface area contributed by atoms with Crippen molar-refractivity contribution in [3.8, 4) is 0 Å². The van der Waals surface area contributed by atoms with E-state index in [1.807, 2.05) is 23.5 Å². The zero-order chi connectivity index (χ0) is 12.4. The Morgan fingerprint density at radius 3 is 1.50 bits per heavy atom. The molecule has 0 aromatic heterocycles. The zero-order valence-corrected chi connectivity index (χ0v) is 11.6. The first kappa shape index (κ1) is 11.9. The van der Waals surface area contributed by atoms with Crippen molar-refractivity contribution >= 4 is 23.5 Å². The SMILES string of the molecule is C=C1CC1(Sc1ccccc1)Sc1ccccc1. The largest absolute Gasteiger partial charge is 0.103 e. The highest BCUT2D eigenvalue weighted by Crippen LogP contribution is 2.64. The molecule has 1 saturated carbocycles. The second-order valence-corrected chi connectivity index (χ2v) is 7.37. The summed E-state index contributed by atoms with van der Waals surface area (Å²) >= 11 is 3.85. The predicted octanol–water partition coefficient (Wildman–Crippen LogP) is 5.23. The molecule has 0 amide bonds. The average molecular weight is 270 g/mol. The van der Waals surface area contributed by atoms with Crippen LogP contribution in [0.15, 0.2) is 82.6 Å². The van der Waals surface area contributed by atoms with Crippen LogP contribution in [0.4, 0.5) is 0 Å². The molecule has 18 heavy (non-hydrogen) atoms. The molecule has 0 heterocycles. The first-order valence-corrected chi connectivity index (χ1v) is 7.58. The van der Waals surface area contributed by atoms with E-state index in [9.17, 15) is 0 Å². The number of rotatable bonds is 4. The van der Waals surface area contributed by atoms with Crippen LogP contribution in [0.5, 0.6) is 0 Å². The fourth-order valence-electron chi connectivity index (χ4n) is 1.83. The molecular formula is C16H14S2. The van der Waals surface area contributed by atoms with Gasteiger partial charge in [-0.25, -0.2) is 0 Å². The third-order valence-electron chi connectivity index (χ3n) is 2.91. The molecule has 0 bridgehead atoms. The van der Waals surface area contributed by atoms with Crippen molar-refractivity contribution in [1.29, 1.82) is 0 Å². The summed E-state index contributed by atoms with van der Waals surface area (Å²) in [4.78, 5) is 2.64. The minimum atomic E-state index is 0.155. The number of benzene rings is 2. The molecule has 0 atom stereocenters. The lowest BCUT2D eigenvalue weighted by atomic mass is 10.4. The van der Waals surface area contributed by atoms with E-state index in [1.165, 1.54) is 15.4 Å². The van der Waals surface area contributed by atoms with Crippen LogP contribution in [0.25, 0.3) is 0 Å². The number of thioether (sulfide) groups is 2. The Hall–Kier alpha value is -1.12. The molecular weight excluding hydrogens is 256 g/mol. The quantitative estimate of drug-likeness (QED) is 0.551. The lowest BCUT2D eigenvalue weighted by Gasteiger charge is -2.14. The van der Waals surface area contributed by atoms with E-state index in [-0.39, 0.29) is 4.08 Å². The number of hydrogen-bond donors (Lipinski definition) is 0. The van der Waals surface area contributed by atoms with Gasteiger partial charge in [0.15, 0.2) is 0 Å². The van der Waals surface area contributed by atoms with E-state index in [2.05, 4.69) is 67.2 Å². The molecule has 3 rings (SSSR count). The molecule has 0 spiro atoms. The maximum Gasteiger partial charge on any atom is 0.0949 e. The van der Waals surface area contributed by atoms with E-state index in [4.69, 9.17) is 0 Å². The molecule has 0 N–H and O–H groups in total. The molecule has 1 aliphatic rings. The van der Waals surface area contributed by atoms with Gasteiger partial charge in [-0.3, -0.25) is 0 Å². The van der Waals surface area contributed by atoms with Crippen molar-refractivity contribution in [2.75, 3.05) is 0 Å². The summed E-state index contributed by atoms with van der Waals surface area (Å²) in [5.41, 5.74) is 1.34. The first-order chi connectivity index (χ1) is 8.78. The molecule has 0 unspecified atom stereocenters. The maximum atomic E-state index is 4.17. The van der Waals surface area contributed by atoms with E-state index in [0.29, 0.717) is 0 Å². The maximum absolute atomic E-state index is 4.17. The second kappa shape index (κ2) is 4.87. The normalized spacial score (nSPS) is 16.6. The number of hydrogen-bond acceptors (Lipinski definition) is 2. The van der Waals surface area contributed by atoms with Gasteiger partial charge in [0, 0.05) is 9.79 Å². The highest BCUT2D eigenvalue weighted by atomic mass is 32.2. The summed E-state index contributed by atoms with van der Waals surface area (Å²) in [6, 6.07) is 21.2. The molecule has 0 saturated heterocycles. The van der Waals surface area contributed by atoms with Gasteiger partial charge in [0.2, 0.25) is 0 Å². The smallest absolute Gasteiger partial charge is 0.0949 e. The molecule has 0 aliphatic heterocycles. The van der Waals surface area contributed by atoms with Crippen molar-refractivity contribution in [1.82, 2.24) is 0 Å². The molecule has 2 heteroatoms. The lowest BCUT2D eigenvalue weighted by molar-refractivity contribution is 1.35. The monoisotopic (exact) mass is 270 g/mol. The molecule has 0 nitrogen and oxygen atoms in total. The van der Waals surface area contributed by atoms with Crippen LogP contribution in [0, 0.1) is 0 Å². The average Bonchev–Trinajstić information content (AvgIpc) is 3.01. The predicted molar refractivity (Wildman–Crippen MR) is 81.1 cm³/mol. The van der Waals surface area contributed by atoms with Gasteiger partial charge >= 0.3 is 0 Å². The Balaban J connectivity index is 1.78. The van der Waals surface area contributed by atoms with Crippen LogP contribution in [0.1, 0.15) is 6.42 Å². The van der Waals surface area contributed by atoms with Crippen molar-refractivity contribution in [2.24, 2.45) is 0 Å². The summed E-state index contributed by atoms with van der Waals surface area (Å²) < 4.78 is 0.155. The third-order valence-corrected chi connectivity index (χ3v) is 5.95. The minimum Gasteiger partial charge on any atom is -0.103 e. The van der Waals surface area contributed by atoms with Crippen LogP contribution < -0.4 is 0 Å². The summed E-state index contributed by atoms with van der Waals surface area (Å²) in [6.07, 6.45) is 1.10. The molecule has 2 aromatic rings. The highest BCUT2D eigenvalue weighted by Gasteiger charge is 2.49. The summed E-state index contributed by atoms with van der Waals surface area (Å²) in [6.45, 7) is 4.17. The van der Waals surface area contributed by atoms with Crippen molar-refractivity contribution in [3.63, 3.8) is 0 Å². The van der Waals surface area contributed by atoms with E-state index in [1.54, 1.807) is 0 Å². The van der Waals surface area contributed by atoms with Crippen molar-refractivity contribution < 1.29 is 0 Å². The molecule has 90 valence electrons. The van der Waals surface area contributed by atoms with Crippen LogP contribution in [-0.2, 0) is 0 Å². The minimum absolute atomic E-state index is 0.155. The Morgan fingerprint density at radius 2 is 1.17 bits per heavy atom. The van der Waals surface area contributed by atoms with Gasteiger partial charge in [-0.15, -0.1) is 23.5 Å². The van der Waals surface area contributed by atoms with Crippen LogP contribution >= 0.6 is 23.5 Å². The summed E-state index contributed by atoms with van der Waals surface area (Å²) in [5.74, 6) is 0. The topological polar surface area (TPSA) is 0 Å². The first-order valence-electron chi connectivity index (χ1n) is 5.95. The standard InChI is InChI=1S/C16H14S2/c1-13-12-16(13,17-14-8-4-2-5-9-14)18-15-10-6-3-7-11-15/h2-11H,1,12H2. The molecule has 1 fully saturated rings. The van der Waals surface area contributed by atoms with Crippen molar-refractivity contribution in [3.05, 3.63) is 72.8 Å². The molecule has 1 aliphatic carbocycles. The van der Waals surface area contributed by atoms with Gasteiger partial charge in [-0.05, 0) is 36.3 Å². The van der Waals surface area contributed by atoms with Gasteiger partial charge in [0.05, 0.1) is 4.08 Å². The van der Waals surface area contributed by atoms with E-state index in [0.717, 1.165) is 6.42 Å². The Labute approximate surface area is 116 Å². The van der Waals surface area contributed by atoms with E-state index < -0.39 is 0 Å². The molecule has 2 aromatic carbocycles. The van der Waals surface area contributed by atoms with Crippen molar-refractivity contribution in [2.45, 2.75) is 20.3 Å². The third kappa shape index (κ3) is 2.50. The van der Waals surface area contributed by atoms with Gasteiger partial charge < -0.3 is 0 Å². The summed E-state index contributed by atoms with van der Waals surface area (Å²) in [5, 5.41) is 0. The highest BCUT2D eigenvalue weighted by molar-refractivity contribution is 8.19. The van der Waals surface area contributed by atoms with E-state index >= 15 is 0 Å². The Kier molecular flexibility index (Phi) is 3.23. The Bertz CT molecular complexity index is 504. The van der Waals surface area contributed by atoms with Gasteiger partial charge in [0.25, 0.3) is 0 Å². The molecule has 0 radical (unpaired) electrons. The summed E-state index contributed by atoms with van der Waals surface area (Å²) in [7, 11) is 0. The van der Waals surface area contributed by atoms with Crippen LogP contribution in [-0.4, -0.2) is 4.08 Å². The van der Waals surface area contributed by atoms with Crippen LogP contribution in [0.3, 0.4) is 0 Å². The fraction of sp³-hybridized carbons (Fsp3) is 0.125. The van der Waals surface area contributed by atoms with Gasteiger partial charge in [-0.1, -0.05) is 43.0 Å². The van der Waals surface area contributed by atoms with Gasteiger partial charge in [-0.2, -0.15) is 0 Å².